The molecule has 0 unspecified atom stereocenters. The van der Waals surface area contributed by atoms with Gasteiger partial charge >= 0.3 is 0 Å². The molecule has 0 spiro atoms. The summed E-state index contributed by atoms with van der Waals surface area (Å²) in [4.78, 5) is 7.28. The van der Waals surface area contributed by atoms with E-state index in [-0.39, 0.29) is 0 Å². The first-order valence-corrected chi connectivity index (χ1v) is 5.76. The number of aromatic nitrogens is 2. The molecule has 0 atom stereocenters. The molecule has 3 rings (SSSR count). The highest BCUT2D eigenvalue weighted by Gasteiger charge is 2.04. The Morgan fingerprint density at radius 1 is 1.26 bits per heavy atom. The molecule has 0 aliphatic heterocycles. The molecule has 3 aromatic rings. The summed E-state index contributed by atoms with van der Waals surface area (Å²) in [5.41, 5.74) is 8.73. The summed E-state index contributed by atoms with van der Waals surface area (Å²) in [6.07, 6.45) is 3.39. The zero-order chi connectivity index (χ0) is 13.2. The van der Waals surface area contributed by atoms with Crippen molar-refractivity contribution in [2.45, 2.75) is 0 Å². The van der Waals surface area contributed by atoms with Gasteiger partial charge in [-0.25, -0.2) is 4.98 Å². The van der Waals surface area contributed by atoms with Crippen LogP contribution in [-0.4, -0.2) is 9.97 Å². The molecular formula is C14H11N5. The Morgan fingerprint density at radius 2 is 2.16 bits per heavy atom. The molecule has 0 aliphatic rings. The molecule has 5 heteroatoms. The van der Waals surface area contributed by atoms with Crippen LogP contribution in [0.15, 0.2) is 42.7 Å². The Bertz CT molecular complexity index is 782. The molecule has 0 saturated heterocycles. The van der Waals surface area contributed by atoms with Crippen LogP contribution in [0.25, 0.3) is 10.9 Å². The van der Waals surface area contributed by atoms with Gasteiger partial charge in [-0.2, -0.15) is 5.26 Å². The lowest BCUT2D eigenvalue weighted by Crippen LogP contribution is -1.99. The van der Waals surface area contributed by atoms with Gasteiger partial charge in [0.1, 0.15) is 6.07 Å². The van der Waals surface area contributed by atoms with E-state index < -0.39 is 0 Å². The number of nitrogens with one attached hydrogen (secondary N) is 2. The minimum atomic E-state index is 0.448. The van der Waals surface area contributed by atoms with E-state index in [1.165, 1.54) is 6.20 Å². The van der Waals surface area contributed by atoms with E-state index in [1.807, 2.05) is 36.5 Å². The maximum atomic E-state index is 8.77. The number of hydrogen-bond acceptors (Lipinski definition) is 4. The van der Waals surface area contributed by atoms with Gasteiger partial charge in [-0.05, 0) is 30.3 Å². The first-order chi connectivity index (χ1) is 9.26. The van der Waals surface area contributed by atoms with Crippen molar-refractivity contribution in [2.75, 3.05) is 11.1 Å². The van der Waals surface area contributed by atoms with Crippen molar-refractivity contribution in [3.8, 4) is 6.07 Å². The standard InChI is InChI=1S/C14H11N5/c15-7-9-5-12(16)14(18-8-9)19-11-1-2-13-10(6-11)3-4-17-13/h1-6,8,17H,16H2,(H,18,19). The predicted octanol–water partition coefficient (Wildman–Crippen LogP) is 2.76. The molecule has 0 fully saturated rings. The Labute approximate surface area is 109 Å². The van der Waals surface area contributed by atoms with Crippen molar-refractivity contribution in [1.82, 2.24) is 9.97 Å². The third-order valence-electron chi connectivity index (χ3n) is 2.86. The molecule has 0 radical (unpaired) electrons. The van der Waals surface area contributed by atoms with Crippen LogP contribution in [0, 0.1) is 11.3 Å². The summed E-state index contributed by atoms with van der Waals surface area (Å²) in [6, 6.07) is 11.5. The van der Waals surface area contributed by atoms with E-state index in [9.17, 15) is 0 Å². The zero-order valence-corrected chi connectivity index (χ0v) is 10.0. The average Bonchev–Trinajstić information content (AvgIpc) is 2.88. The van der Waals surface area contributed by atoms with Crippen molar-refractivity contribution in [1.29, 1.82) is 5.26 Å². The fourth-order valence-corrected chi connectivity index (χ4v) is 1.92. The summed E-state index contributed by atoms with van der Waals surface area (Å²) < 4.78 is 0. The van der Waals surface area contributed by atoms with Crippen LogP contribution in [0.2, 0.25) is 0 Å². The molecule has 0 aliphatic carbocycles. The number of nitrogens with two attached hydrogens (primary N) is 1. The highest BCUT2D eigenvalue weighted by molar-refractivity contribution is 5.84. The smallest absolute Gasteiger partial charge is 0.153 e. The normalized spacial score (nSPS) is 10.3. The summed E-state index contributed by atoms with van der Waals surface area (Å²) in [5.74, 6) is 0.550. The average molecular weight is 249 g/mol. The fourth-order valence-electron chi connectivity index (χ4n) is 1.92. The fraction of sp³-hybridized carbons (Fsp3) is 0. The van der Waals surface area contributed by atoms with Crippen molar-refractivity contribution >= 4 is 28.1 Å². The molecule has 2 aromatic heterocycles. The Morgan fingerprint density at radius 3 is 2.95 bits per heavy atom. The second-order valence-electron chi connectivity index (χ2n) is 4.18. The van der Waals surface area contributed by atoms with Crippen LogP contribution < -0.4 is 11.1 Å². The van der Waals surface area contributed by atoms with E-state index >= 15 is 0 Å². The molecule has 0 saturated carbocycles. The van der Waals surface area contributed by atoms with Gasteiger partial charge in [0.05, 0.1) is 11.3 Å². The van der Waals surface area contributed by atoms with Gasteiger partial charge in [-0.15, -0.1) is 0 Å². The van der Waals surface area contributed by atoms with Crippen LogP contribution in [0.5, 0.6) is 0 Å². The Hall–Kier alpha value is -3.00. The largest absolute Gasteiger partial charge is 0.396 e. The number of anilines is 3. The number of fused-ring (bicyclic) bond motifs is 1. The van der Waals surface area contributed by atoms with E-state index in [1.54, 1.807) is 6.07 Å². The zero-order valence-electron chi connectivity index (χ0n) is 10.0. The Balaban J connectivity index is 1.94. The SMILES string of the molecule is N#Cc1cnc(Nc2ccc3[nH]ccc3c2)c(N)c1. The first-order valence-electron chi connectivity index (χ1n) is 5.76. The van der Waals surface area contributed by atoms with E-state index in [4.69, 9.17) is 11.0 Å². The topological polar surface area (TPSA) is 90.5 Å². The molecule has 1 aromatic carbocycles. The highest BCUT2D eigenvalue weighted by Crippen LogP contribution is 2.24. The third-order valence-corrected chi connectivity index (χ3v) is 2.86. The van der Waals surface area contributed by atoms with Crippen molar-refractivity contribution in [3.63, 3.8) is 0 Å². The molecule has 4 N–H and O–H groups in total. The van der Waals surface area contributed by atoms with E-state index in [2.05, 4.69) is 15.3 Å². The molecule has 19 heavy (non-hydrogen) atoms. The lowest BCUT2D eigenvalue weighted by Gasteiger charge is -2.08. The maximum absolute atomic E-state index is 8.77. The lowest BCUT2D eigenvalue weighted by molar-refractivity contribution is 1.29. The minimum Gasteiger partial charge on any atom is -0.396 e. The van der Waals surface area contributed by atoms with Gasteiger partial charge in [0.2, 0.25) is 0 Å². The number of hydrogen-bond donors (Lipinski definition) is 3. The highest BCUT2D eigenvalue weighted by atomic mass is 15.0. The molecular weight excluding hydrogens is 238 g/mol. The van der Waals surface area contributed by atoms with Gasteiger partial charge < -0.3 is 16.0 Å². The molecule has 0 bridgehead atoms. The van der Waals surface area contributed by atoms with Gasteiger partial charge in [-0.3, -0.25) is 0 Å². The van der Waals surface area contributed by atoms with Crippen molar-refractivity contribution in [2.24, 2.45) is 0 Å². The number of pyridine rings is 1. The minimum absolute atomic E-state index is 0.448. The predicted molar refractivity (Wildman–Crippen MR) is 74.9 cm³/mol. The molecule has 92 valence electrons. The molecule has 0 amide bonds. The summed E-state index contributed by atoms with van der Waals surface area (Å²) in [7, 11) is 0. The van der Waals surface area contributed by atoms with Gasteiger partial charge in [0, 0.05) is 29.0 Å². The second-order valence-corrected chi connectivity index (χ2v) is 4.18. The van der Waals surface area contributed by atoms with E-state index in [0.717, 1.165) is 16.6 Å². The lowest BCUT2D eigenvalue weighted by atomic mass is 10.2. The van der Waals surface area contributed by atoms with Gasteiger partial charge in [-0.1, -0.05) is 0 Å². The van der Waals surface area contributed by atoms with Gasteiger partial charge in [0.25, 0.3) is 0 Å². The number of rotatable bonds is 2. The van der Waals surface area contributed by atoms with Crippen LogP contribution in [-0.2, 0) is 0 Å². The van der Waals surface area contributed by atoms with Crippen LogP contribution in [0.1, 0.15) is 5.56 Å². The number of nitrogen functional groups attached to an aromatic ring is 1. The van der Waals surface area contributed by atoms with Crippen molar-refractivity contribution < 1.29 is 0 Å². The molecule has 2 heterocycles. The van der Waals surface area contributed by atoms with Crippen LogP contribution >= 0.6 is 0 Å². The Kier molecular flexibility index (Phi) is 2.54. The number of benzene rings is 1. The van der Waals surface area contributed by atoms with Crippen LogP contribution in [0.4, 0.5) is 17.2 Å². The quantitative estimate of drug-likeness (QED) is 0.651. The van der Waals surface area contributed by atoms with Crippen LogP contribution in [0.3, 0.4) is 0 Å². The van der Waals surface area contributed by atoms with Gasteiger partial charge in [0.15, 0.2) is 5.82 Å². The number of aromatic amines is 1. The number of nitrogens with zero attached hydrogens (tertiary/aromatic N) is 2. The third kappa shape index (κ3) is 2.07. The van der Waals surface area contributed by atoms with E-state index in [0.29, 0.717) is 17.1 Å². The number of H-pyrrole nitrogens is 1. The summed E-state index contributed by atoms with van der Waals surface area (Å²) in [5, 5.41) is 13.0. The number of nitriles is 1. The van der Waals surface area contributed by atoms with Crippen molar-refractivity contribution in [3.05, 3.63) is 48.3 Å². The second kappa shape index (κ2) is 4.35. The summed E-state index contributed by atoms with van der Waals surface area (Å²) in [6.45, 7) is 0. The first kappa shape index (κ1) is 11.1. The summed E-state index contributed by atoms with van der Waals surface area (Å²) >= 11 is 0. The monoisotopic (exact) mass is 249 g/mol. The molecule has 5 nitrogen and oxygen atoms in total. The maximum Gasteiger partial charge on any atom is 0.153 e.